The molecule has 2 heteroatoms. The molecule has 0 bridgehead atoms. The van der Waals surface area contributed by atoms with Crippen LogP contribution in [0.5, 0.6) is 0 Å². The lowest BCUT2D eigenvalue weighted by Gasteiger charge is -2.06. The minimum atomic E-state index is 1.13. The third-order valence-electron chi connectivity index (χ3n) is 5.52. The molecule has 150 valence electrons. The molecule has 27 heavy (non-hydrogen) atoms. The Morgan fingerprint density at radius 3 is 2.15 bits per heavy atom. The zero-order chi connectivity index (χ0) is 19.2. The van der Waals surface area contributed by atoms with Gasteiger partial charge in [0.2, 0.25) is 0 Å². The average molecular weight is 370 g/mol. The number of rotatable bonds is 15. The molecule has 2 rings (SSSR count). The summed E-state index contributed by atoms with van der Waals surface area (Å²) in [7, 11) is 0. The Labute approximate surface area is 167 Å². The molecular weight excluding hydrogens is 328 g/mol. The van der Waals surface area contributed by atoms with E-state index in [0.29, 0.717) is 0 Å². The Balaban J connectivity index is 1.72. The van der Waals surface area contributed by atoms with Crippen LogP contribution in [0.3, 0.4) is 0 Å². The number of nitrogens with zero attached hydrogens (tertiary/aromatic N) is 2. The Morgan fingerprint density at radius 1 is 0.741 bits per heavy atom. The van der Waals surface area contributed by atoms with Gasteiger partial charge in [0.1, 0.15) is 12.4 Å². The third kappa shape index (κ3) is 8.32. The minimum absolute atomic E-state index is 1.13. The molecule has 0 spiro atoms. The van der Waals surface area contributed by atoms with Crippen molar-refractivity contribution in [3.8, 4) is 0 Å². The molecule has 2 nitrogen and oxygen atoms in total. The molecule has 0 unspecified atom stereocenters. The highest BCUT2D eigenvalue weighted by Gasteiger charge is 2.15. The van der Waals surface area contributed by atoms with E-state index in [0.717, 1.165) is 6.54 Å². The smallest absolute Gasteiger partial charge is 0.234 e. The van der Waals surface area contributed by atoms with Gasteiger partial charge in [-0.1, -0.05) is 82.7 Å². The van der Waals surface area contributed by atoms with Gasteiger partial charge < -0.3 is 0 Å². The normalized spacial score (nSPS) is 11.2. The van der Waals surface area contributed by atoms with Crippen LogP contribution in [0, 0.1) is 0 Å². The van der Waals surface area contributed by atoms with Crippen LogP contribution in [-0.4, -0.2) is 4.57 Å². The predicted molar refractivity (Wildman–Crippen MR) is 116 cm³/mol. The molecular formula is C25H41N2+. The van der Waals surface area contributed by atoms with Crippen molar-refractivity contribution in [2.75, 3.05) is 0 Å². The first kappa shape index (κ1) is 21.7. The molecule has 2 aromatic rings. The summed E-state index contributed by atoms with van der Waals surface area (Å²) in [6, 6.07) is 10.9. The van der Waals surface area contributed by atoms with Gasteiger partial charge in [-0.05, 0) is 37.7 Å². The summed E-state index contributed by atoms with van der Waals surface area (Å²) in [5.74, 6) is 1.52. The van der Waals surface area contributed by atoms with Crippen molar-refractivity contribution in [1.82, 2.24) is 4.57 Å². The number of aromatic nitrogens is 2. The van der Waals surface area contributed by atoms with Crippen LogP contribution in [0.1, 0.15) is 89.4 Å². The zero-order valence-corrected chi connectivity index (χ0v) is 17.8. The minimum Gasteiger partial charge on any atom is -0.234 e. The second kappa shape index (κ2) is 13.6. The molecule has 0 aliphatic carbocycles. The highest BCUT2D eigenvalue weighted by atomic mass is 15.1. The highest BCUT2D eigenvalue weighted by Crippen LogP contribution is 2.10. The fourth-order valence-corrected chi connectivity index (χ4v) is 3.93. The van der Waals surface area contributed by atoms with E-state index in [2.05, 4.69) is 65.7 Å². The summed E-state index contributed by atoms with van der Waals surface area (Å²) in [5, 5.41) is 0. The number of hydrogen-bond donors (Lipinski definition) is 0. The summed E-state index contributed by atoms with van der Waals surface area (Å²) in [6.45, 7) is 6.91. The van der Waals surface area contributed by atoms with Gasteiger partial charge in [-0.25, -0.2) is 9.13 Å². The third-order valence-corrected chi connectivity index (χ3v) is 5.52. The molecule has 0 N–H and O–H groups in total. The monoisotopic (exact) mass is 369 g/mol. The molecule has 0 radical (unpaired) electrons. The fraction of sp³-hybridized carbons (Fsp3) is 0.640. The van der Waals surface area contributed by atoms with Crippen molar-refractivity contribution in [2.24, 2.45) is 0 Å². The van der Waals surface area contributed by atoms with Crippen LogP contribution < -0.4 is 4.57 Å². The van der Waals surface area contributed by atoms with Crippen molar-refractivity contribution in [3.05, 3.63) is 54.1 Å². The van der Waals surface area contributed by atoms with Gasteiger partial charge in [0.25, 0.3) is 5.82 Å². The maximum atomic E-state index is 2.52. The van der Waals surface area contributed by atoms with Crippen molar-refractivity contribution >= 4 is 0 Å². The van der Waals surface area contributed by atoms with E-state index >= 15 is 0 Å². The van der Waals surface area contributed by atoms with Gasteiger partial charge in [0.05, 0.1) is 13.1 Å². The molecule has 0 saturated carbocycles. The summed E-state index contributed by atoms with van der Waals surface area (Å²) < 4.78 is 5.01. The van der Waals surface area contributed by atoms with Gasteiger partial charge in [-0.2, -0.15) is 0 Å². The van der Waals surface area contributed by atoms with Gasteiger partial charge in [-0.15, -0.1) is 0 Å². The molecule has 1 aromatic carbocycles. The van der Waals surface area contributed by atoms with E-state index in [9.17, 15) is 0 Å². The van der Waals surface area contributed by atoms with Crippen molar-refractivity contribution in [2.45, 2.75) is 104 Å². The summed E-state index contributed by atoms with van der Waals surface area (Å²) in [4.78, 5) is 0. The second-order valence-corrected chi connectivity index (χ2v) is 7.92. The van der Waals surface area contributed by atoms with E-state index in [1.54, 1.807) is 0 Å². The number of aryl methyl sites for hydroxylation is 3. The molecule has 0 amide bonds. The molecule has 1 aromatic heterocycles. The van der Waals surface area contributed by atoms with Gasteiger partial charge in [0.15, 0.2) is 0 Å². The van der Waals surface area contributed by atoms with E-state index in [4.69, 9.17) is 0 Å². The number of benzene rings is 1. The van der Waals surface area contributed by atoms with Crippen LogP contribution in [0.2, 0.25) is 0 Å². The van der Waals surface area contributed by atoms with Crippen LogP contribution in [-0.2, 0) is 25.9 Å². The van der Waals surface area contributed by atoms with Crippen molar-refractivity contribution in [3.63, 3.8) is 0 Å². The second-order valence-electron chi connectivity index (χ2n) is 7.92. The maximum absolute atomic E-state index is 2.52. The van der Waals surface area contributed by atoms with E-state index in [-0.39, 0.29) is 0 Å². The summed E-state index contributed by atoms with van der Waals surface area (Å²) in [6.07, 6.45) is 20.6. The Morgan fingerprint density at radius 2 is 1.44 bits per heavy atom. The SMILES string of the molecule is CCCCCCCCCCn1cc[n+](CCCc2ccccc2)c1CCC. The lowest BCUT2D eigenvalue weighted by atomic mass is 10.1. The average Bonchev–Trinajstić information content (AvgIpc) is 3.07. The molecule has 0 aliphatic heterocycles. The topological polar surface area (TPSA) is 8.81 Å². The largest absolute Gasteiger partial charge is 0.256 e. The van der Waals surface area contributed by atoms with Gasteiger partial charge in [-0.3, -0.25) is 0 Å². The van der Waals surface area contributed by atoms with Crippen LogP contribution >= 0.6 is 0 Å². The van der Waals surface area contributed by atoms with Crippen LogP contribution in [0.25, 0.3) is 0 Å². The van der Waals surface area contributed by atoms with E-state index in [1.807, 2.05) is 0 Å². The summed E-state index contributed by atoms with van der Waals surface area (Å²) >= 11 is 0. The van der Waals surface area contributed by atoms with E-state index < -0.39 is 0 Å². The molecule has 0 fully saturated rings. The molecule has 0 atom stereocenters. The highest BCUT2D eigenvalue weighted by molar-refractivity contribution is 5.14. The lowest BCUT2D eigenvalue weighted by Crippen LogP contribution is -2.37. The fourth-order valence-electron chi connectivity index (χ4n) is 3.93. The predicted octanol–water partition coefficient (Wildman–Crippen LogP) is 6.50. The van der Waals surface area contributed by atoms with E-state index in [1.165, 1.54) is 95.0 Å². The van der Waals surface area contributed by atoms with Crippen LogP contribution in [0.4, 0.5) is 0 Å². The standard InChI is InChI=1S/C25H41N2/c1-3-5-6-7-8-9-10-14-20-26-22-23-27(25(26)16-4-2)21-15-19-24-17-12-11-13-18-24/h11-13,17-18,22-23H,3-10,14-16,19-21H2,1-2H3/q+1. The number of unbranched alkanes of at least 4 members (excludes halogenated alkanes) is 7. The molecule has 0 saturated heterocycles. The Kier molecular flexibility index (Phi) is 10.9. The quantitative estimate of drug-likeness (QED) is 0.250. The molecule has 1 heterocycles. The number of hydrogen-bond acceptors (Lipinski definition) is 0. The zero-order valence-electron chi connectivity index (χ0n) is 17.8. The van der Waals surface area contributed by atoms with Crippen molar-refractivity contribution < 1.29 is 4.57 Å². The first-order valence-electron chi connectivity index (χ1n) is 11.5. The van der Waals surface area contributed by atoms with Crippen LogP contribution in [0.15, 0.2) is 42.7 Å². The van der Waals surface area contributed by atoms with Gasteiger partial charge in [0, 0.05) is 6.42 Å². The Hall–Kier alpha value is -1.57. The molecule has 0 aliphatic rings. The first-order valence-corrected chi connectivity index (χ1v) is 11.5. The first-order chi connectivity index (χ1) is 13.3. The number of imidazole rings is 1. The van der Waals surface area contributed by atoms with Gasteiger partial charge >= 0.3 is 0 Å². The maximum Gasteiger partial charge on any atom is 0.256 e. The summed E-state index contributed by atoms with van der Waals surface area (Å²) in [5.41, 5.74) is 1.45. The lowest BCUT2D eigenvalue weighted by molar-refractivity contribution is -0.704. The Bertz CT molecular complexity index is 600. The van der Waals surface area contributed by atoms with Crippen molar-refractivity contribution in [1.29, 1.82) is 0 Å².